The number of aromatic amines is 1. The number of carbonyl (C=O) groups is 6. The van der Waals surface area contributed by atoms with Gasteiger partial charge in [-0.2, -0.15) is 0 Å². The molecule has 0 aliphatic carbocycles. The molecule has 1 aromatic heterocycles. The van der Waals surface area contributed by atoms with Crippen molar-refractivity contribution in [2.24, 2.45) is 17.4 Å². The molecular weight excluding hydrogens is 536 g/mol. The first kappa shape index (κ1) is 32.8. The van der Waals surface area contributed by atoms with Gasteiger partial charge in [0.15, 0.2) is 0 Å². The Morgan fingerprint density at radius 1 is 0.902 bits per heavy atom. The van der Waals surface area contributed by atoms with Crippen LogP contribution in [-0.2, 0) is 35.2 Å². The van der Waals surface area contributed by atoms with Gasteiger partial charge in [-0.05, 0) is 30.4 Å². The fourth-order valence-electron chi connectivity index (χ4n) is 4.18. The molecule has 2 rings (SSSR count). The molecule has 0 saturated carbocycles. The number of rotatable bonds is 17. The number of primary amides is 1. The molecule has 0 aliphatic rings. The highest BCUT2D eigenvalue weighted by molar-refractivity contribution is 5.95. The van der Waals surface area contributed by atoms with Crippen LogP contribution in [0.15, 0.2) is 30.5 Å². The Morgan fingerprint density at radius 2 is 1.56 bits per heavy atom. The second-order valence-electron chi connectivity index (χ2n) is 9.94. The molecule has 0 fully saturated rings. The molecule has 224 valence electrons. The van der Waals surface area contributed by atoms with E-state index in [0.717, 1.165) is 10.9 Å². The minimum absolute atomic E-state index is 0.0161. The van der Waals surface area contributed by atoms with E-state index in [1.165, 1.54) is 0 Å². The number of carboxylic acids is 2. The summed E-state index contributed by atoms with van der Waals surface area (Å²) in [6.07, 6.45) is 1.07. The van der Waals surface area contributed by atoms with Crippen LogP contribution >= 0.6 is 0 Å². The fourth-order valence-corrected chi connectivity index (χ4v) is 4.18. The Labute approximate surface area is 236 Å². The Balaban J connectivity index is 2.19. The number of fused-ring (bicyclic) bond motifs is 1. The number of para-hydroxylation sites is 1. The topological polar surface area (TPSA) is 247 Å². The van der Waals surface area contributed by atoms with E-state index >= 15 is 0 Å². The molecule has 5 atom stereocenters. The summed E-state index contributed by atoms with van der Waals surface area (Å²) in [6.45, 7) is 3.48. The first-order valence-electron chi connectivity index (χ1n) is 13.3. The number of benzene rings is 1. The molecule has 0 radical (unpaired) electrons. The second kappa shape index (κ2) is 15.4. The molecule has 14 heteroatoms. The van der Waals surface area contributed by atoms with E-state index in [4.69, 9.17) is 16.6 Å². The van der Waals surface area contributed by atoms with E-state index in [9.17, 15) is 33.9 Å². The molecule has 14 nitrogen and oxygen atoms in total. The third-order valence-electron chi connectivity index (χ3n) is 6.83. The maximum atomic E-state index is 13.3. The van der Waals surface area contributed by atoms with E-state index < -0.39 is 65.7 Å². The van der Waals surface area contributed by atoms with E-state index in [-0.39, 0.29) is 32.1 Å². The molecule has 1 heterocycles. The number of hydrogen-bond acceptors (Lipinski definition) is 7. The van der Waals surface area contributed by atoms with Crippen LogP contribution in [-0.4, -0.2) is 74.9 Å². The van der Waals surface area contributed by atoms with Gasteiger partial charge in [0.1, 0.15) is 18.1 Å². The maximum Gasteiger partial charge on any atom is 0.326 e. The summed E-state index contributed by atoms with van der Waals surface area (Å²) in [5.41, 5.74) is 12.5. The number of amides is 4. The SMILES string of the molecule is CCC(C)C(NC(=O)C(CCC(N)=O)NC(=O)C(N)CCC(=O)O)C(=O)NC(Cc1c[nH]c2ccccc12)C(=O)O. The lowest BCUT2D eigenvalue weighted by molar-refractivity contribution is -0.142. The summed E-state index contributed by atoms with van der Waals surface area (Å²) in [4.78, 5) is 76.4. The minimum atomic E-state index is -1.31. The third kappa shape index (κ3) is 9.90. The molecule has 2 aromatic rings. The van der Waals surface area contributed by atoms with Gasteiger partial charge in [-0.1, -0.05) is 38.5 Å². The summed E-state index contributed by atoms with van der Waals surface area (Å²) < 4.78 is 0. The third-order valence-corrected chi connectivity index (χ3v) is 6.83. The van der Waals surface area contributed by atoms with Crippen LogP contribution < -0.4 is 27.4 Å². The molecule has 0 spiro atoms. The zero-order valence-electron chi connectivity index (χ0n) is 23.0. The molecule has 41 heavy (non-hydrogen) atoms. The average Bonchev–Trinajstić information content (AvgIpc) is 3.33. The van der Waals surface area contributed by atoms with Gasteiger partial charge in [0.05, 0.1) is 6.04 Å². The number of hydrogen-bond donors (Lipinski definition) is 8. The number of nitrogens with one attached hydrogen (secondary N) is 4. The first-order chi connectivity index (χ1) is 19.3. The van der Waals surface area contributed by atoms with Crippen molar-refractivity contribution >= 4 is 46.5 Å². The summed E-state index contributed by atoms with van der Waals surface area (Å²) in [5.74, 6) is -5.95. The van der Waals surface area contributed by atoms with Gasteiger partial charge in [0.2, 0.25) is 23.6 Å². The highest BCUT2D eigenvalue weighted by Gasteiger charge is 2.33. The molecule has 1 aromatic carbocycles. The van der Waals surface area contributed by atoms with Crippen molar-refractivity contribution in [3.8, 4) is 0 Å². The molecule has 5 unspecified atom stereocenters. The lowest BCUT2D eigenvalue weighted by Gasteiger charge is -2.28. The van der Waals surface area contributed by atoms with Gasteiger partial charge in [-0.25, -0.2) is 4.79 Å². The predicted molar refractivity (Wildman–Crippen MR) is 148 cm³/mol. The van der Waals surface area contributed by atoms with Crippen molar-refractivity contribution in [1.82, 2.24) is 20.9 Å². The van der Waals surface area contributed by atoms with E-state index in [0.29, 0.717) is 12.0 Å². The van der Waals surface area contributed by atoms with Gasteiger partial charge in [-0.15, -0.1) is 0 Å². The van der Waals surface area contributed by atoms with Crippen molar-refractivity contribution in [2.45, 2.75) is 76.5 Å². The summed E-state index contributed by atoms with van der Waals surface area (Å²) in [7, 11) is 0. The maximum absolute atomic E-state index is 13.3. The number of aromatic nitrogens is 1. The minimum Gasteiger partial charge on any atom is -0.481 e. The molecule has 0 aliphatic heterocycles. The van der Waals surface area contributed by atoms with Crippen LogP contribution in [0, 0.1) is 5.92 Å². The number of carboxylic acid groups (broad SMARTS) is 2. The van der Waals surface area contributed by atoms with Crippen LogP contribution in [0.3, 0.4) is 0 Å². The van der Waals surface area contributed by atoms with Gasteiger partial charge in [0.25, 0.3) is 0 Å². The van der Waals surface area contributed by atoms with Crippen LogP contribution in [0.1, 0.15) is 51.5 Å². The van der Waals surface area contributed by atoms with Crippen molar-refractivity contribution < 1.29 is 39.0 Å². The Hall–Kier alpha value is -4.46. The highest BCUT2D eigenvalue weighted by Crippen LogP contribution is 2.19. The Kier molecular flexibility index (Phi) is 12.3. The lowest BCUT2D eigenvalue weighted by Crippen LogP contribution is -2.59. The molecule has 10 N–H and O–H groups in total. The molecule has 4 amide bonds. The number of nitrogens with two attached hydrogens (primary N) is 2. The summed E-state index contributed by atoms with van der Waals surface area (Å²) >= 11 is 0. The van der Waals surface area contributed by atoms with Crippen molar-refractivity contribution in [3.63, 3.8) is 0 Å². The van der Waals surface area contributed by atoms with Crippen molar-refractivity contribution in [3.05, 3.63) is 36.0 Å². The van der Waals surface area contributed by atoms with Crippen molar-refractivity contribution in [2.75, 3.05) is 0 Å². The summed E-state index contributed by atoms with van der Waals surface area (Å²) in [6, 6.07) is 2.30. The quantitative estimate of drug-likeness (QED) is 0.124. The first-order valence-corrected chi connectivity index (χ1v) is 13.3. The lowest BCUT2D eigenvalue weighted by atomic mass is 9.96. The highest BCUT2D eigenvalue weighted by atomic mass is 16.4. The Morgan fingerprint density at radius 3 is 2.17 bits per heavy atom. The average molecular weight is 575 g/mol. The molecular formula is C27H38N6O8. The zero-order chi connectivity index (χ0) is 30.7. The molecule has 0 bridgehead atoms. The van der Waals surface area contributed by atoms with Gasteiger partial charge < -0.3 is 42.6 Å². The standard InChI is InChI=1S/C27H38N6O8/c1-3-14(2)23(26(39)32-20(27(40)41)12-15-13-30-18-7-5-4-6-16(15)18)33-25(38)19(9-10-21(29)34)31-24(37)17(28)8-11-22(35)36/h4-7,13-14,17,19-20,23,30H,3,8-12,28H2,1-2H3,(H2,29,34)(H,31,37)(H,32,39)(H,33,38)(H,35,36)(H,40,41). The largest absolute Gasteiger partial charge is 0.481 e. The summed E-state index contributed by atoms with van der Waals surface area (Å²) in [5, 5.41) is 27.0. The Bertz CT molecular complexity index is 1260. The van der Waals surface area contributed by atoms with Gasteiger partial charge >= 0.3 is 11.9 Å². The second-order valence-corrected chi connectivity index (χ2v) is 9.94. The number of carbonyl (C=O) groups excluding carboxylic acids is 4. The van der Waals surface area contributed by atoms with Crippen LogP contribution in [0.2, 0.25) is 0 Å². The number of aliphatic carboxylic acids is 2. The smallest absolute Gasteiger partial charge is 0.326 e. The van der Waals surface area contributed by atoms with Gasteiger partial charge in [-0.3, -0.25) is 24.0 Å². The van der Waals surface area contributed by atoms with E-state index in [1.807, 2.05) is 24.3 Å². The predicted octanol–water partition coefficient (Wildman–Crippen LogP) is -0.247. The van der Waals surface area contributed by atoms with E-state index in [2.05, 4.69) is 20.9 Å². The monoisotopic (exact) mass is 574 g/mol. The fraction of sp³-hybridized carbons (Fsp3) is 0.481. The normalized spacial score (nSPS) is 14.7. The van der Waals surface area contributed by atoms with Crippen LogP contribution in [0.5, 0.6) is 0 Å². The van der Waals surface area contributed by atoms with Gasteiger partial charge in [0, 0.05) is 36.4 Å². The number of H-pyrrole nitrogens is 1. The van der Waals surface area contributed by atoms with Crippen molar-refractivity contribution in [1.29, 1.82) is 0 Å². The van der Waals surface area contributed by atoms with E-state index in [1.54, 1.807) is 20.0 Å². The zero-order valence-corrected chi connectivity index (χ0v) is 23.0. The molecule has 0 saturated heterocycles. The van der Waals surface area contributed by atoms with Crippen LogP contribution in [0.4, 0.5) is 0 Å². The van der Waals surface area contributed by atoms with Crippen LogP contribution in [0.25, 0.3) is 10.9 Å².